The van der Waals surface area contributed by atoms with E-state index in [9.17, 15) is 5.26 Å². The fourth-order valence-corrected chi connectivity index (χ4v) is 3.00. The number of nitriles is 1. The van der Waals surface area contributed by atoms with Crippen molar-refractivity contribution in [3.63, 3.8) is 0 Å². The summed E-state index contributed by atoms with van der Waals surface area (Å²) in [5.74, 6) is 1.26. The first kappa shape index (κ1) is 14.6. The van der Waals surface area contributed by atoms with Gasteiger partial charge in [-0.2, -0.15) is 5.26 Å². The van der Waals surface area contributed by atoms with Crippen LogP contribution in [0.1, 0.15) is 5.56 Å². The molecule has 0 unspecified atom stereocenters. The van der Waals surface area contributed by atoms with Gasteiger partial charge in [0.15, 0.2) is 0 Å². The fraction of sp³-hybridized carbons (Fsp3) is 0.0500. The Morgan fingerprint density at radius 2 is 1.79 bits per heavy atom. The molecular formula is C20H13ClN2O. The average Bonchev–Trinajstić information content (AvgIpc) is 2.63. The Morgan fingerprint density at radius 1 is 1.00 bits per heavy atom. The number of rotatable bonds is 2. The molecule has 0 atom stereocenters. The zero-order valence-electron chi connectivity index (χ0n) is 12.7. The summed E-state index contributed by atoms with van der Waals surface area (Å²) < 4.78 is 5.99. The van der Waals surface area contributed by atoms with Gasteiger partial charge in [-0.05, 0) is 41.1 Å². The number of hydrogen-bond donors (Lipinski definition) is 1. The van der Waals surface area contributed by atoms with Crippen LogP contribution in [0.3, 0.4) is 0 Å². The van der Waals surface area contributed by atoms with Crippen LogP contribution < -0.4 is 10.1 Å². The number of allylic oxidation sites excluding steroid dienone is 1. The van der Waals surface area contributed by atoms with Crippen molar-refractivity contribution in [2.24, 2.45) is 0 Å². The van der Waals surface area contributed by atoms with E-state index in [0.717, 1.165) is 27.8 Å². The summed E-state index contributed by atoms with van der Waals surface area (Å²) in [4.78, 5) is 0. The molecule has 0 fully saturated rings. The van der Waals surface area contributed by atoms with E-state index in [4.69, 9.17) is 16.3 Å². The van der Waals surface area contributed by atoms with Gasteiger partial charge in [0.05, 0.1) is 5.57 Å². The number of hydrogen-bond acceptors (Lipinski definition) is 3. The summed E-state index contributed by atoms with van der Waals surface area (Å²) in [5, 5.41) is 15.6. The van der Waals surface area contributed by atoms with Crippen molar-refractivity contribution in [3.05, 3.63) is 82.7 Å². The molecule has 1 heterocycles. The monoisotopic (exact) mass is 332 g/mol. The van der Waals surface area contributed by atoms with Crippen LogP contribution in [0.5, 0.6) is 5.75 Å². The van der Waals surface area contributed by atoms with Crippen LogP contribution in [0.2, 0.25) is 5.02 Å². The van der Waals surface area contributed by atoms with Crippen molar-refractivity contribution in [2.75, 3.05) is 5.32 Å². The van der Waals surface area contributed by atoms with E-state index >= 15 is 0 Å². The summed E-state index contributed by atoms with van der Waals surface area (Å²) >= 11 is 5.91. The molecule has 3 aromatic rings. The van der Waals surface area contributed by atoms with Crippen LogP contribution in [0.15, 0.2) is 72.1 Å². The van der Waals surface area contributed by atoms with Gasteiger partial charge in [-0.1, -0.05) is 41.9 Å². The Hall–Kier alpha value is -2.96. The third kappa shape index (κ3) is 2.58. The van der Waals surface area contributed by atoms with Crippen molar-refractivity contribution < 1.29 is 4.74 Å². The van der Waals surface area contributed by atoms with E-state index < -0.39 is 0 Å². The van der Waals surface area contributed by atoms with Crippen molar-refractivity contribution in [1.82, 2.24) is 0 Å². The maximum Gasteiger partial charge on any atom is 0.211 e. The van der Waals surface area contributed by atoms with E-state index in [0.29, 0.717) is 22.9 Å². The largest absolute Gasteiger partial charge is 0.440 e. The maximum absolute atomic E-state index is 9.53. The van der Waals surface area contributed by atoms with Gasteiger partial charge in [0.25, 0.3) is 0 Å². The summed E-state index contributed by atoms with van der Waals surface area (Å²) in [5.41, 5.74) is 2.45. The lowest BCUT2D eigenvalue weighted by molar-refractivity contribution is 0.413. The molecular weight excluding hydrogens is 320 g/mol. The van der Waals surface area contributed by atoms with Crippen molar-refractivity contribution in [1.29, 1.82) is 5.26 Å². The van der Waals surface area contributed by atoms with Crippen LogP contribution in [0.4, 0.5) is 5.69 Å². The zero-order valence-corrected chi connectivity index (χ0v) is 13.5. The molecule has 3 nitrogen and oxygen atoms in total. The number of fused-ring (bicyclic) bond motifs is 3. The van der Waals surface area contributed by atoms with E-state index in [2.05, 4.69) is 23.5 Å². The van der Waals surface area contributed by atoms with Crippen molar-refractivity contribution >= 4 is 28.1 Å². The normalized spacial score (nSPS) is 13.2. The molecule has 0 saturated carbocycles. The van der Waals surface area contributed by atoms with E-state index in [-0.39, 0.29) is 0 Å². The van der Waals surface area contributed by atoms with Gasteiger partial charge in [0.1, 0.15) is 11.8 Å². The van der Waals surface area contributed by atoms with E-state index in [1.165, 1.54) is 0 Å². The molecule has 3 aromatic carbocycles. The maximum atomic E-state index is 9.53. The second kappa shape index (κ2) is 5.92. The quantitative estimate of drug-likeness (QED) is 0.694. The highest BCUT2D eigenvalue weighted by atomic mass is 35.5. The predicted molar refractivity (Wildman–Crippen MR) is 96.0 cm³/mol. The third-order valence-electron chi connectivity index (χ3n) is 4.07. The van der Waals surface area contributed by atoms with Crippen LogP contribution in [0, 0.1) is 11.3 Å². The van der Waals surface area contributed by atoms with Gasteiger partial charge < -0.3 is 10.1 Å². The van der Waals surface area contributed by atoms with Gasteiger partial charge in [-0.3, -0.25) is 0 Å². The van der Waals surface area contributed by atoms with Crippen LogP contribution in [-0.2, 0) is 6.42 Å². The molecule has 0 aliphatic carbocycles. The minimum absolute atomic E-state index is 0.475. The molecule has 1 aliphatic heterocycles. The lowest BCUT2D eigenvalue weighted by Gasteiger charge is -2.22. The average molecular weight is 333 g/mol. The topological polar surface area (TPSA) is 45.0 Å². The summed E-state index contributed by atoms with van der Waals surface area (Å²) in [6, 6.07) is 21.7. The summed E-state index contributed by atoms with van der Waals surface area (Å²) in [6.07, 6.45) is 0.545. The second-order valence-electron chi connectivity index (χ2n) is 5.59. The van der Waals surface area contributed by atoms with Crippen molar-refractivity contribution in [3.8, 4) is 11.8 Å². The Kier molecular flexibility index (Phi) is 3.60. The van der Waals surface area contributed by atoms with Gasteiger partial charge in [-0.15, -0.1) is 0 Å². The number of benzene rings is 3. The molecule has 24 heavy (non-hydrogen) atoms. The van der Waals surface area contributed by atoms with Crippen molar-refractivity contribution in [2.45, 2.75) is 6.42 Å². The van der Waals surface area contributed by atoms with Crippen LogP contribution in [-0.4, -0.2) is 0 Å². The van der Waals surface area contributed by atoms with Gasteiger partial charge >= 0.3 is 0 Å². The molecule has 0 spiro atoms. The van der Waals surface area contributed by atoms with Crippen LogP contribution >= 0.6 is 11.6 Å². The zero-order chi connectivity index (χ0) is 16.5. The van der Waals surface area contributed by atoms with Gasteiger partial charge in [0, 0.05) is 22.7 Å². The highest BCUT2D eigenvalue weighted by Gasteiger charge is 2.22. The predicted octanol–water partition coefficient (Wildman–Crippen LogP) is 5.28. The highest BCUT2D eigenvalue weighted by Crippen LogP contribution is 2.35. The number of nitrogens with one attached hydrogen (secondary N) is 1. The first-order valence-electron chi connectivity index (χ1n) is 7.59. The molecule has 0 radical (unpaired) electrons. The Balaban J connectivity index is 1.73. The van der Waals surface area contributed by atoms with Gasteiger partial charge in [-0.25, -0.2) is 0 Å². The van der Waals surface area contributed by atoms with E-state index in [1.54, 1.807) is 12.1 Å². The lowest BCUT2D eigenvalue weighted by Crippen LogP contribution is -2.16. The highest BCUT2D eigenvalue weighted by molar-refractivity contribution is 6.30. The summed E-state index contributed by atoms with van der Waals surface area (Å²) in [7, 11) is 0. The molecule has 4 rings (SSSR count). The molecule has 0 aromatic heterocycles. The number of anilines is 1. The standard InChI is InChI=1S/C20H13ClN2O/c21-15-6-8-16(9-7-15)23-20-14(12-22)11-18-17-4-2-1-3-13(17)5-10-19(18)24-20/h1-10,23H,11H2. The number of nitrogens with zero attached hydrogens (tertiary/aromatic N) is 1. The molecule has 1 aliphatic rings. The Morgan fingerprint density at radius 3 is 2.58 bits per heavy atom. The number of halogens is 1. The molecule has 1 N–H and O–H groups in total. The molecule has 116 valence electrons. The summed E-state index contributed by atoms with van der Waals surface area (Å²) in [6.45, 7) is 0. The first-order valence-corrected chi connectivity index (χ1v) is 7.97. The minimum atomic E-state index is 0.475. The van der Waals surface area contributed by atoms with E-state index in [1.807, 2.05) is 36.4 Å². The minimum Gasteiger partial charge on any atom is -0.440 e. The SMILES string of the molecule is N#CC1=C(Nc2ccc(Cl)cc2)Oc2ccc3ccccc3c2C1. The number of ether oxygens (including phenoxy) is 1. The fourth-order valence-electron chi connectivity index (χ4n) is 2.88. The van der Waals surface area contributed by atoms with Gasteiger partial charge in [0.2, 0.25) is 5.88 Å². The third-order valence-corrected chi connectivity index (χ3v) is 4.33. The first-order chi connectivity index (χ1) is 11.7. The smallest absolute Gasteiger partial charge is 0.211 e. The molecule has 4 heteroatoms. The Bertz CT molecular complexity index is 1000. The molecule has 0 bridgehead atoms. The lowest BCUT2D eigenvalue weighted by atomic mass is 9.96. The van der Waals surface area contributed by atoms with Crippen LogP contribution in [0.25, 0.3) is 10.8 Å². The molecule has 0 saturated heterocycles. The second-order valence-corrected chi connectivity index (χ2v) is 6.03. The molecule has 0 amide bonds. The Labute approximate surface area is 144 Å².